The Balaban J connectivity index is 2.49. The lowest BCUT2D eigenvalue weighted by Gasteiger charge is -2.36. The normalized spacial score (nSPS) is 34.3. The Kier molecular flexibility index (Phi) is 1.80. The summed E-state index contributed by atoms with van der Waals surface area (Å²) >= 11 is 0. The predicted octanol–water partition coefficient (Wildman–Crippen LogP) is 1.64. The number of hydrogen-bond acceptors (Lipinski definition) is 1. The Morgan fingerprint density at radius 2 is 2.11 bits per heavy atom. The molecule has 1 rings (SSSR count). The Labute approximate surface area is 57.8 Å². The molecule has 1 fully saturated rings. The number of rotatable bonds is 0. The van der Waals surface area contributed by atoms with Gasteiger partial charge in [-0.3, -0.25) is 0 Å². The Hall–Kier alpha value is -0.0400. The first kappa shape index (κ1) is 7.07. The third-order valence-corrected chi connectivity index (χ3v) is 2.73. The average molecular weight is 127 g/mol. The minimum Gasteiger partial charge on any atom is -0.316 e. The fourth-order valence-electron chi connectivity index (χ4n) is 1.25. The van der Waals surface area contributed by atoms with Crippen LogP contribution < -0.4 is 5.32 Å². The molecular weight excluding hydrogens is 110 g/mol. The maximum absolute atomic E-state index is 3.39. The third-order valence-electron chi connectivity index (χ3n) is 2.73. The molecule has 9 heavy (non-hydrogen) atoms. The van der Waals surface area contributed by atoms with Gasteiger partial charge in [-0.15, -0.1) is 0 Å². The Morgan fingerprint density at radius 3 is 2.44 bits per heavy atom. The van der Waals surface area contributed by atoms with Crippen molar-refractivity contribution < 1.29 is 0 Å². The predicted molar refractivity (Wildman–Crippen MR) is 40.4 cm³/mol. The van der Waals surface area contributed by atoms with Crippen LogP contribution in [0.2, 0.25) is 0 Å². The van der Waals surface area contributed by atoms with Crippen LogP contribution in [0.25, 0.3) is 0 Å². The summed E-state index contributed by atoms with van der Waals surface area (Å²) in [5.74, 6) is 0.839. The molecule has 0 aliphatic carbocycles. The molecule has 1 unspecified atom stereocenters. The fraction of sp³-hybridized carbons (Fsp3) is 1.00. The van der Waals surface area contributed by atoms with Crippen LogP contribution in [0.3, 0.4) is 0 Å². The van der Waals surface area contributed by atoms with Crippen molar-refractivity contribution in [3.05, 3.63) is 0 Å². The van der Waals surface area contributed by atoms with Crippen molar-refractivity contribution in [2.75, 3.05) is 13.1 Å². The van der Waals surface area contributed by atoms with Gasteiger partial charge in [0, 0.05) is 0 Å². The minimum absolute atomic E-state index is 0.575. The molecule has 0 saturated carbocycles. The van der Waals surface area contributed by atoms with E-state index in [1.165, 1.54) is 19.5 Å². The van der Waals surface area contributed by atoms with Crippen LogP contribution >= 0.6 is 0 Å². The van der Waals surface area contributed by atoms with Gasteiger partial charge >= 0.3 is 0 Å². The van der Waals surface area contributed by atoms with Gasteiger partial charge in [-0.25, -0.2) is 0 Å². The minimum atomic E-state index is 0.575. The summed E-state index contributed by atoms with van der Waals surface area (Å²) in [6, 6.07) is 0. The highest BCUT2D eigenvalue weighted by Gasteiger charge is 2.27. The quantitative estimate of drug-likeness (QED) is 0.521. The fourth-order valence-corrected chi connectivity index (χ4v) is 1.25. The highest BCUT2D eigenvalue weighted by Crippen LogP contribution is 2.31. The summed E-state index contributed by atoms with van der Waals surface area (Å²) in [6.45, 7) is 9.45. The molecule has 0 aromatic heterocycles. The van der Waals surface area contributed by atoms with Crippen LogP contribution in [0, 0.1) is 11.3 Å². The first-order valence-corrected chi connectivity index (χ1v) is 3.83. The van der Waals surface area contributed by atoms with Crippen molar-refractivity contribution >= 4 is 0 Å². The van der Waals surface area contributed by atoms with E-state index in [9.17, 15) is 0 Å². The van der Waals surface area contributed by atoms with Gasteiger partial charge in [0.2, 0.25) is 0 Å². The lowest BCUT2D eigenvalue weighted by atomic mass is 9.75. The zero-order valence-corrected chi connectivity index (χ0v) is 6.70. The van der Waals surface area contributed by atoms with E-state index in [1.807, 2.05) is 0 Å². The molecule has 0 radical (unpaired) electrons. The van der Waals surface area contributed by atoms with Crippen molar-refractivity contribution in [2.24, 2.45) is 11.3 Å². The molecule has 1 heteroatoms. The molecule has 1 saturated heterocycles. The zero-order chi connectivity index (χ0) is 6.91. The summed E-state index contributed by atoms with van der Waals surface area (Å²) < 4.78 is 0. The van der Waals surface area contributed by atoms with Gasteiger partial charge in [0.05, 0.1) is 0 Å². The summed E-state index contributed by atoms with van der Waals surface area (Å²) in [7, 11) is 0. The first-order valence-electron chi connectivity index (χ1n) is 3.83. The van der Waals surface area contributed by atoms with Crippen molar-refractivity contribution in [2.45, 2.75) is 27.2 Å². The Bertz CT molecular complexity index is 96.7. The molecule has 0 bridgehead atoms. The second-order valence-electron chi connectivity index (χ2n) is 3.84. The van der Waals surface area contributed by atoms with E-state index in [4.69, 9.17) is 0 Å². The number of hydrogen-bond donors (Lipinski definition) is 1. The van der Waals surface area contributed by atoms with Gasteiger partial charge in [0.15, 0.2) is 0 Å². The second-order valence-corrected chi connectivity index (χ2v) is 3.84. The van der Waals surface area contributed by atoms with Crippen molar-refractivity contribution in [1.29, 1.82) is 0 Å². The van der Waals surface area contributed by atoms with Crippen LogP contribution in [0.15, 0.2) is 0 Å². The van der Waals surface area contributed by atoms with Gasteiger partial charge in [0.25, 0.3) is 0 Å². The summed E-state index contributed by atoms with van der Waals surface area (Å²) in [4.78, 5) is 0. The molecule has 1 nitrogen and oxygen atoms in total. The molecular formula is C8H17N. The molecule has 0 aromatic rings. The Morgan fingerprint density at radius 1 is 1.44 bits per heavy atom. The first-order chi connectivity index (χ1) is 4.13. The largest absolute Gasteiger partial charge is 0.316 e. The van der Waals surface area contributed by atoms with E-state index in [1.54, 1.807) is 0 Å². The highest BCUT2D eigenvalue weighted by atomic mass is 14.9. The van der Waals surface area contributed by atoms with Gasteiger partial charge in [-0.05, 0) is 30.8 Å². The average Bonchev–Trinajstić information content (AvgIpc) is 1.77. The highest BCUT2D eigenvalue weighted by molar-refractivity contribution is 4.81. The topological polar surface area (TPSA) is 12.0 Å². The monoisotopic (exact) mass is 127 g/mol. The third kappa shape index (κ3) is 1.45. The standard InChI is InChI=1S/C8H17N/c1-7-6-9-5-4-8(7,2)3/h7,9H,4-6H2,1-3H3. The lowest BCUT2D eigenvalue weighted by molar-refractivity contribution is 0.169. The molecule has 1 atom stereocenters. The zero-order valence-electron chi connectivity index (χ0n) is 6.70. The molecule has 1 aliphatic rings. The van der Waals surface area contributed by atoms with E-state index in [0.29, 0.717) is 5.41 Å². The molecule has 0 aromatic carbocycles. The van der Waals surface area contributed by atoms with Crippen LogP contribution in [-0.4, -0.2) is 13.1 Å². The molecule has 1 heterocycles. The van der Waals surface area contributed by atoms with Crippen LogP contribution in [-0.2, 0) is 0 Å². The van der Waals surface area contributed by atoms with Crippen LogP contribution in [0.5, 0.6) is 0 Å². The van der Waals surface area contributed by atoms with Gasteiger partial charge < -0.3 is 5.32 Å². The summed E-state index contributed by atoms with van der Waals surface area (Å²) in [5.41, 5.74) is 0.575. The van der Waals surface area contributed by atoms with E-state index < -0.39 is 0 Å². The van der Waals surface area contributed by atoms with Gasteiger partial charge in [-0.2, -0.15) is 0 Å². The summed E-state index contributed by atoms with van der Waals surface area (Å²) in [6.07, 6.45) is 1.33. The SMILES string of the molecule is CC1CNCCC1(C)C. The van der Waals surface area contributed by atoms with Crippen LogP contribution in [0.1, 0.15) is 27.2 Å². The van der Waals surface area contributed by atoms with E-state index >= 15 is 0 Å². The summed E-state index contributed by atoms with van der Waals surface area (Å²) in [5, 5.41) is 3.39. The van der Waals surface area contributed by atoms with Crippen molar-refractivity contribution in [1.82, 2.24) is 5.32 Å². The van der Waals surface area contributed by atoms with Crippen LogP contribution in [0.4, 0.5) is 0 Å². The number of piperidine rings is 1. The van der Waals surface area contributed by atoms with Gasteiger partial charge in [0.1, 0.15) is 0 Å². The van der Waals surface area contributed by atoms with Gasteiger partial charge in [-0.1, -0.05) is 20.8 Å². The van der Waals surface area contributed by atoms with Crippen molar-refractivity contribution in [3.63, 3.8) is 0 Å². The molecule has 1 N–H and O–H groups in total. The second kappa shape index (κ2) is 2.30. The van der Waals surface area contributed by atoms with E-state index in [0.717, 1.165) is 5.92 Å². The van der Waals surface area contributed by atoms with E-state index in [-0.39, 0.29) is 0 Å². The van der Waals surface area contributed by atoms with E-state index in [2.05, 4.69) is 26.1 Å². The molecule has 0 spiro atoms. The maximum atomic E-state index is 3.39. The lowest BCUT2D eigenvalue weighted by Crippen LogP contribution is -2.40. The molecule has 54 valence electrons. The van der Waals surface area contributed by atoms with Crippen molar-refractivity contribution in [3.8, 4) is 0 Å². The molecule has 1 aliphatic heterocycles. The smallest absolute Gasteiger partial charge is 0.00180 e. The molecule has 0 amide bonds. The number of nitrogens with one attached hydrogen (secondary N) is 1. The maximum Gasteiger partial charge on any atom is -0.00180 e.